The zero-order valence-corrected chi connectivity index (χ0v) is 21.3. The first kappa shape index (κ1) is 25.9. The summed E-state index contributed by atoms with van der Waals surface area (Å²) in [7, 11) is 0. The second-order valence-electron chi connectivity index (χ2n) is 8.22. The Morgan fingerprint density at radius 1 is 1.12 bits per heavy atom. The van der Waals surface area contributed by atoms with Gasteiger partial charge in [-0.15, -0.1) is 24.8 Å². The first-order valence-electron chi connectivity index (χ1n) is 10.8. The standard InChI is InChI=1S/C24H25ClN4OS.2ClH/c25-19-6-4-17(5-7-19)8-11-28-12-9-18(10-13-28)15-27-24(30)21-14-20-16-26-22-2-1-3-23(31-21)29(20)22;;/h1-7,14,16,18H,8-13,15H2,(H,27,30);2*1H. The van der Waals surface area contributed by atoms with Gasteiger partial charge in [0.1, 0.15) is 5.65 Å². The summed E-state index contributed by atoms with van der Waals surface area (Å²) in [5.41, 5.74) is 3.20. The Hall–Kier alpha value is -1.70. The van der Waals surface area contributed by atoms with Gasteiger partial charge in [-0.2, -0.15) is 0 Å². The number of halogens is 3. The zero-order chi connectivity index (χ0) is 21.2. The van der Waals surface area contributed by atoms with Gasteiger partial charge >= 0.3 is 0 Å². The molecule has 1 aromatic carbocycles. The minimum absolute atomic E-state index is 0. The summed E-state index contributed by atoms with van der Waals surface area (Å²) < 4.78 is 2.08. The number of benzene rings is 1. The fourth-order valence-electron chi connectivity index (χ4n) is 4.28. The minimum Gasteiger partial charge on any atom is -0.351 e. The van der Waals surface area contributed by atoms with Gasteiger partial charge < -0.3 is 10.2 Å². The summed E-state index contributed by atoms with van der Waals surface area (Å²) in [6.45, 7) is 3.99. The first-order chi connectivity index (χ1) is 15.2. The Morgan fingerprint density at radius 2 is 1.88 bits per heavy atom. The molecule has 0 atom stereocenters. The van der Waals surface area contributed by atoms with Crippen LogP contribution >= 0.6 is 48.2 Å². The highest BCUT2D eigenvalue weighted by Crippen LogP contribution is 2.34. The van der Waals surface area contributed by atoms with Crippen molar-refractivity contribution in [3.05, 3.63) is 69.8 Å². The van der Waals surface area contributed by atoms with Crippen molar-refractivity contribution in [2.45, 2.75) is 24.3 Å². The monoisotopic (exact) mass is 524 g/mol. The van der Waals surface area contributed by atoms with Crippen LogP contribution in [0.5, 0.6) is 0 Å². The van der Waals surface area contributed by atoms with Gasteiger partial charge in [0.25, 0.3) is 5.91 Å². The summed E-state index contributed by atoms with van der Waals surface area (Å²) in [5.74, 6) is 0.554. The SMILES string of the molecule is Cl.Cl.O=C(NCC1CCN(CCc2ccc(Cl)cc2)CC1)C1=Cc2cnc3cccc(n23)S1. The lowest BCUT2D eigenvalue weighted by Crippen LogP contribution is -2.39. The molecule has 0 unspecified atom stereocenters. The van der Waals surface area contributed by atoms with Crippen molar-refractivity contribution in [2.24, 2.45) is 5.92 Å². The van der Waals surface area contributed by atoms with Crippen molar-refractivity contribution in [3.8, 4) is 0 Å². The fraction of sp³-hybridized carbons (Fsp3) is 0.333. The Balaban J connectivity index is 0.00000153. The normalized spacial score (nSPS) is 16.0. The number of carbonyl (C=O) groups excluding carboxylic acids is 1. The largest absolute Gasteiger partial charge is 0.351 e. The third kappa shape index (κ3) is 6.06. The molecule has 2 aliphatic rings. The Morgan fingerprint density at radius 3 is 2.64 bits per heavy atom. The van der Waals surface area contributed by atoms with E-state index in [4.69, 9.17) is 11.6 Å². The molecule has 0 radical (unpaired) electrons. The summed E-state index contributed by atoms with van der Waals surface area (Å²) in [5, 5.41) is 4.99. The number of imidazole rings is 1. The highest BCUT2D eigenvalue weighted by atomic mass is 35.5. The van der Waals surface area contributed by atoms with Crippen molar-refractivity contribution < 1.29 is 4.79 Å². The van der Waals surface area contributed by atoms with Crippen molar-refractivity contribution in [1.29, 1.82) is 0 Å². The number of hydrogen-bond donors (Lipinski definition) is 1. The highest BCUT2D eigenvalue weighted by molar-refractivity contribution is 8.04. The fourth-order valence-corrected chi connectivity index (χ4v) is 5.41. The maximum Gasteiger partial charge on any atom is 0.258 e. The number of amides is 1. The van der Waals surface area contributed by atoms with E-state index >= 15 is 0 Å². The quantitative estimate of drug-likeness (QED) is 0.471. The second-order valence-corrected chi connectivity index (χ2v) is 9.72. The second kappa shape index (κ2) is 11.6. The molecule has 4 heterocycles. The van der Waals surface area contributed by atoms with Crippen LogP contribution in [0.2, 0.25) is 5.02 Å². The van der Waals surface area contributed by atoms with Crippen LogP contribution in [0.25, 0.3) is 11.7 Å². The number of hydrogen-bond acceptors (Lipinski definition) is 4. The maximum atomic E-state index is 12.8. The average molecular weight is 526 g/mol. The number of rotatable bonds is 6. The summed E-state index contributed by atoms with van der Waals surface area (Å²) >= 11 is 7.47. The zero-order valence-electron chi connectivity index (χ0n) is 18.1. The molecule has 3 aromatic rings. The smallest absolute Gasteiger partial charge is 0.258 e. The van der Waals surface area contributed by atoms with E-state index in [1.165, 1.54) is 17.3 Å². The van der Waals surface area contributed by atoms with Crippen LogP contribution in [-0.4, -0.2) is 46.4 Å². The predicted octanol–water partition coefficient (Wildman–Crippen LogP) is 5.35. The molecular weight excluding hydrogens is 499 g/mol. The molecule has 2 aliphatic heterocycles. The van der Waals surface area contributed by atoms with Gasteiger partial charge in [-0.1, -0.05) is 41.6 Å². The van der Waals surface area contributed by atoms with Crippen LogP contribution in [0, 0.1) is 5.92 Å². The third-order valence-electron chi connectivity index (χ3n) is 6.13. The molecule has 5 nitrogen and oxygen atoms in total. The van der Waals surface area contributed by atoms with E-state index in [1.54, 1.807) is 0 Å². The van der Waals surface area contributed by atoms with Gasteiger partial charge in [0.15, 0.2) is 0 Å². The topological polar surface area (TPSA) is 49.6 Å². The van der Waals surface area contributed by atoms with E-state index in [0.29, 0.717) is 5.92 Å². The first-order valence-corrected chi connectivity index (χ1v) is 12.0. The van der Waals surface area contributed by atoms with Gasteiger partial charge in [-0.05, 0) is 74.2 Å². The summed E-state index contributed by atoms with van der Waals surface area (Å²) in [6.07, 6.45) is 7.06. The molecule has 1 saturated heterocycles. The van der Waals surface area contributed by atoms with E-state index in [-0.39, 0.29) is 30.7 Å². The van der Waals surface area contributed by atoms with Gasteiger partial charge in [-0.25, -0.2) is 4.98 Å². The van der Waals surface area contributed by atoms with Crippen molar-refractivity contribution in [2.75, 3.05) is 26.2 Å². The molecule has 0 aliphatic carbocycles. The van der Waals surface area contributed by atoms with Crippen LogP contribution in [0.1, 0.15) is 24.1 Å². The number of aromatic nitrogens is 2. The molecule has 33 heavy (non-hydrogen) atoms. The van der Waals surface area contributed by atoms with Crippen molar-refractivity contribution in [3.63, 3.8) is 0 Å². The lowest BCUT2D eigenvalue weighted by Gasteiger charge is -2.32. The number of nitrogens with zero attached hydrogens (tertiary/aromatic N) is 3. The molecule has 0 saturated carbocycles. The number of pyridine rings is 1. The summed E-state index contributed by atoms with van der Waals surface area (Å²) in [6, 6.07) is 14.1. The Kier molecular flexibility index (Phi) is 9.13. The van der Waals surface area contributed by atoms with E-state index < -0.39 is 0 Å². The molecule has 9 heteroatoms. The Bertz CT molecular complexity index is 1120. The summed E-state index contributed by atoms with van der Waals surface area (Å²) in [4.78, 5) is 20.5. The molecule has 1 amide bonds. The van der Waals surface area contributed by atoms with E-state index in [2.05, 4.69) is 31.7 Å². The molecule has 176 valence electrons. The maximum absolute atomic E-state index is 12.8. The number of piperidine rings is 1. The highest BCUT2D eigenvalue weighted by Gasteiger charge is 2.23. The molecule has 1 N–H and O–H groups in total. The van der Waals surface area contributed by atoms with E-state index in [0.717, 1.165) is 71.7 Å². The van der Waals surface area contributed by atoms with Crippen LogP contribution in [-0.2, 0) is 11.2 Å². The number of likely N-dealkylation sites (tertiary alicyclic amines) is 1. The van der Waals surface area contributed by atoms with Crippen molar-refractivity contribution >= 4 is 65.8 Å². The molecule has 5 rings (SSSR count). The van der Waals surface area contributed by atoms with Gasteiger partial charge in [-0.3, -0.25) is 9.20 Å². The Labute approximate surface area is 215 Å². The average Bonchev–Trinajstić information content (AvgIpc) is 3.22. The van der Waals surface area contributed by atoms with E-state index in [1.807, 2.05) is 42.6 Å². The number of carbonyl (C=O) groups is 1. The lowest BCUT2D eigenvalue weighted by molar-refractivity contribution is -0.117. The third-order valence-corrected chi connectivity index (χ3v) is 7.43. The van der Waals surface area contributed by atoms with Crippen LogP contribution < -0.4 is 5.32 Å². The van der Waals surface area contributed by atoms with Crippen molar-refractivity contribution in [1.82, 2.24) is 19.6 Å². The van der Waals surface area contributed by atoms with Crippen LogP contribution in [0.4, 0.5) is 0 Å². The molecule has 0 bridgehead atoms. The lowest BCUT2D eigenvalue weighted by atomic mass is 9.96. The van der Waals surface area contributed by atoms with Crippen LogP contribution in [0.3, 0.4) is 0 Å². The predicted molar refractivity (Wildman–Crippen MR) is 141 cm³/mol. The molecular formula is C24H27Cl3N4OS. The number of nitrogens with one attached hydrogen (secondary N) is 1. The number of thioether (sulfide) groups is 1. The van der Waals surface area contributed by atoms with Gasteiger partial charge in [0.05, 0.1) is 21.8 Å². The molecule has 0 spiro atoms. The van der Waals surface area contributed by atoms with E-state index in [9.17, 15) is 4.79 Å². The van der Waals surface area contributed by atoms with Gasteiger partial charge in [0.2, 0.25) is 0 Å². The van der Waals surface area contributed by atoms with Gasteiger partial charge in [0, 0.05) is 18.1 Å². The minimum atomic E-state index is 0. The molecule has 1 fully saturated rings. The van der Waals surface area contributed by atoms with Crippen LogP contribution in [0.15, 0.2) is 58.6 Å². The molecule has 2 aromatic heterocycles.